The molecule has 1 fully saturated rings. The average Bonchev–Trinajstić information content (AvgIpc) is 2.68. The van der Waals surface area contributed by atoms with Crippen LogP contribution in [0.5, 0.6) is 5.75 Å². The molecular weight excluding hydrogens is 312 g/mol. The van der Waals surface area contributed by atoms with E-state index in [2.05, 4.69) is 17.6 Å². The number of ether oxygens (including phenoxy) is 1. The maximum absolute atomic E-state index is 12.5. The van der Waals surface area contributed by atoms with Crippen molar-refractivity contribution in [3.63, 3.8) is 0 Å². The highest BCUT2D eigenvalue weighted by molar-refractivity contribution is 5.94. The first-order valence-electron chi connectivity index (χ1n) is 9.01. The number of carbonyl (C=O) groups is 1. The lowest BCUT2D eigenvalue weighted by atomic mass is 9.92. The third-order valence-electron chi connectivity index (χ3n) is 4.75. The minimum atomic E-state index is -0.0387. The van der Waals surface area contributed by atoms with Crippen molar-refractivity contribution in [2.45, 2.75) is 32.4 Å². The van der Waals surface area contributed by atoms with Crippen molar-refractivity contribution in [1.82, 2.24) is 10.6 Å². The minimum absolute atomic E-state index is 0.0387. The van der Waals surface area contributed by atoms with E-state index in [0.29, 0.717) is 23.8 Å². The first kappa shape index (κ1) is 17.5. The van der Waals surface area contributed by atoms with Gasteiger partial charge in [-0.05, 0) is 62.5 Å². The Kier molecular flexibility index (Phi) is 6.07. The van der Waals surface area contributed by atoms with Crippen molar-refractivity contribution in [3.8, 4) is 5.75 Å². The summed E-state index contributed by atoms with van der Waals surface area (Å²) in [7, 11) is 0. The number of carbonyl (C=O) groups excluding carboxylic acids is 1. The summed E-state index contributed by atoms with van der Waals surface area (Å²) in [5.41, 5.74) is 1.75. The van der Waals surface area contributed by atoms with Crippen molar-refractivity contribution >= 4 is 5.91 Å². The molecule has 1 aliphatic rings. The van der Waals surface area contributed by atoms with Crippen LogP contribution in [0.2, 0.25) is 0 Å². The summed E-state index contributed by atoms with van der Waals surface area (Å²) >= 11 is 0. The third kappa shape index (κ3) is 5.07. The SMILES string of the molecule is CC(NC(=O)c1cccc(OCc2ccccc2)c1)C1CCCNC1. The summed E-state index contributed by atoms with van der Waals surface area (Å²) in [6, 6.07) is 17.6. The van der Waals surface area contributed by atoms with Crippen LogP contribution in [0, 0.1) is 5.92 Å². The average molecular weight is 338 g/mol. The molecule has 0 aliphatic carbocycles. The Labute approximate surface area is 149 Å². The van der Waals surface area contributed by atoms with E-state index in [1.165, 1.54) is 6.42 Å². The Morgan fingerprint density at radius 3 is 2.84 bits per heavy atom. The summed E-state index contributed by atoms with van der Waals surface area (Å²) in [5.74, 6) is 1.17. The molecule has 1 aliphatic heterocycles. The Balaban J connectivity index is 1.57. The number of piperidine rings is 1. The molecule has 0 bridgehead atoms. The quantitative estimate of drug-likeness (QED) is 0.849. The molecule has 2 aromatic carbocycles. The maximum atomic E-state index is 12.5. The normalized spacial score (nSPS) is 18.4. The van der Waals surface area contributed by atoms with Crippen LogP contribution < -0.4 is 15.4 Å². The molecule has 1 heterocycles. The molecule has 25 heavy (non-hydrogen) atoms. The second-order valence-electron chi connectivity index (χ2n) is 6.67. The molecule has 2 N–H and O–H groups in total. The lowest BCUT2D eigenvalue weighted by Crippen LogP contribution is -2.44. The Bertz CT molecular complexity index is 681. The highest BCUT2D eigenvalue weighted by Gasteiger charge is 2.21. The molecule has 3 rings (SSSR count). The highest BCUT2D eigenvalue weighted by atomic mass is 16.5. The standard InChI is InChI=1S/C21H26N2O2/c1-16(19-10-6-12-22-14-19)23-21(24)18-9-5-11-20(13-18)25-15-17-7-3-2-4-8-17/h2-5,7-9,11,13,16,19,22H,6,10,12,14-15H2,1H3,(H,23,24). The van der Waals surface area contributed by atoms with Crippen LogP contribution in [-0.2, 0) is 6.61 Å². The fourth-order valence-corrected chi connectivity index (χ4v) is 3.18. The molecule has 1 amide bonds. The molecule has 2 unspecified atom stereocenters. The van der Waals surface area contributed by atoms with Gasteiger partial charge in [0.25, 0.3) is 5.91 Å². The topological polar surface area (TPSA) is 50.4 Å². The third-order valence-corrected chi connectivity index (χ3v) is 4.75. The van der Waals surface area contributed by atoms with Gasteiger partial charge in [0, 0.05) is 11.6 Å². The molecule has 132 valence electrons. The van der Waals surface area contributed by atoms with Gasteiger partial charge in [-0.1, -0.05) is 36.4 Å². The zero-order valence-electron chi connectivity index (χ0n) is 14.7. The van der Waals surface area contributed by atoms with Gasteiger partial charge >= 0.3 is 0 Å². The predicted molar refractivity (Wildman–Crippen MR) is 99.7 cm³/mol. The number of rotatable bonds is 6. The summed E-state index contributed by atoms with van der Waals surface area (Å²) in [5, 5.41) is 6.53. The summed E-state index contributed by atoms with van der Waals surface area (Å²) in [6.07, 6.45) is 2.34. The van der Waals surface area contributed by atoms with Crippen molar-refractivity contribution in [1.29, 1.82) is 0 Å². The molecule has 0 radical (unpaired) electrons. The van der Waals surface area contributed by atoms with Crippen molar-refractivity contribution in [3.05, 3.63) is 65.7 Å². The molecule has 1 saturated heterocycles. The summed E-state index contributed by atoms with van der Waals surface area (Å²) < 4.78 is 5.81. The summed E-state index contributed by atoms with van der Waals surface area (Å²) in [4.78, 5) is 12.5. The summed E-state index contributed by atoms with van der Waals surface area (Å²) in [6.45, 7) is 4.64. The lowest BCUT2D eigenvalue weighted by Gasteiger charge is -2.29. The first-order chi connectivity index (χ1) is 12.2. The van der Waals surface area contributed by atoms with E-state index in [4.69, 9.17) is 4.74 Å². The second-order valence-corrected chi connectivity index (χ2v) is 6.67. The largest absolute Gasteiger partial charge is 0.489 e. The number of hydrogen-bond donors (Lipinski definition) is 2. The molecule has 0 saturated carbocycles. The number of nitrogens with one attached hydrogen (secondary N) is 2. The maximum Gasteiger partial charge on any atom is 0.251 e. The Morgan fingerprint density at radius 2 is 2.08 bits per heavy atom. The molecular formula is C21H26N2O2. The molecule has 2 aromatic rings. The zero-order chi connectivity index (χ0) is 17.5. The van der Waals surface area contributed by atoms with E-state index in [0.717, 1.165) is 25.1 Å². The van der Waals surface area contributed by atoms with Gasteiger partial charge in [-0.2, -0.15) is 0 Å². The van der Waals surface area contributed by atoms with E-state index < -0.39 is 0 Å². The van der Waals surface area contributed by atoms with Crippen molar-refractivity contribution < 1.29 is 9.53 Å². The lowest BCUT2D eigenvalue weighted by molar-refractivity contribution is 0.0921. The van der Waals surface area contributed by atoms with Gasteiger partial charge in [0.15, 0.2) is 0 Å². The molecule has 0 spiro atoms. The fraction of sp³-hybridized carbons (Fsp3) is 0.381. The van der Waals surface area contributed by atoms with Gasteiger partial charge in [-0.3, -0.25) is 4.79 Å². The highest BCUT2D eigenvalue weighted by Crippen LogP contribution is 2.17. The molecule has 2 atom stereocenters. The van der Waals surface area contributed by atoms with E-state index >= 15 is 0 Å². The van der Waals surface area contributed by atoms with Gasteiger partial charge in [0.05, 0.1) is 0 Å². The predicted octanol–water partition coefficient (Wildman–Crippen LogP) is 3.38. The Hall–Kier alpha value is -2.33. The Morgan fingerprint density at radius 1 is 1.24 bits per heavy atom. The van der Waals surface area contributed by atoms with Crippen molar-refractivity contribution in [2.75, 3.05) is 13.1 Å². The van der Waals surface area contributed by atoms with Crippen LogP contribution in [0.4, 0.5) is 0 Å². The molecule has 0 aromatic heterocycles. The minimum Gasteiger partial charge on any atom is -0.489 e. The van der Waals surface area contributed by atoms with Gasteiger partial charge in [0.2, 0.25) is 0 Å². The first-order valence-corrected chi connectivity index (χ1v) is 9.01. The van der Waals surface area contributed by atoms with Gasteiger partial charge < -0.3 is 15.4 Å². The monoisotopic (exact) mass is 338 g/mol. The van der Waals surface area contributed by atoms with Gasteiger partial charge in [0.1, 0.15) is 12.4 Å². The number of hydrogen-bond acceptors (Lipinski definition) is 3. The van der Waals surface area contributed by atoms with E-state index in [1.807, 2.05) is 54.6 Å². The number of benzene rings is 2. The van der Waals surface area contributed by atoms with Gasteiger partial charge in [-0.25, -0.2) is 0 Å². The van der Waals surface area contributed by atoms with E-state index in [9.17, 15) is 4.79 Å². The van der Waals surface area contributed by atoms with Crippen LogP contribution in [0.1, 0.15) is 35.7 Å². The van der Waals surface area contributed by atoms with Gasteiger partial charge in [-0.15, -0.1) is 0 Å². The van der Waals surface area contributed by atoms with Crippen LogP contribution in [0.15, 0.2) is 54.6 Å². The number of amides is 1. The second kappa shape index (κ2) is 8.67. The van der Waals surface area contributed by atoms with Crippen LogP contribution >= 0.6 is 0 Å². The van der Waals surface area contributed by atoms with E-state index in [-0.39, 0.29) is 11.9 Å². The zero-order valence-corrected chi connectivity index (χ0v) is 14.7. The van der Waals surface area contributed by atoms with Crippen LogP contribution in [-0.4, -0.2) is 25.0 Å². The van der Waals surface area contributed by atoms with Crippen LogP contribution in [0.25, 0.3) is 0 Å². The fourth-order valence-electron chi connectivity index (χ4n) is 3.18. The van der Waals surface area contributed by atoms with Crippen molar-refractivity contribution in [2.24, 2.45) is 5.92 Å². The molecule has 4 nitrogen and oxygen atoms in total. The van der Waals surface area contributed by atoms with E-state index in [1.54, 1.807) is 0 Å². The molecule has 4 heteroatoms. The van der Waals surface area contributed by atoms with Crippen LogP contribution in [0.3, 0.4) is 0 Å². The smallest absolute Gasteiger partial charge is 0.251 e.